The molecule has 1 atom stereocenters. The van der Waals surface area contributed by atoms with Crippen molar-refractivity contribution in [3.63, 3.8) is 0 Å². The first-order chi connectivity index (χ1) is 9.85. The molecule has 1 saturated heterocycles. The van der Waals surface area contributed by atoms with Gasteiger partial charge in [-0.25, -0.2) is 0 Å². The summed E-state index contributed by atoms with van der Waals surface area (Å²) in [6, 6.07) is 5.02. The van der Waals surface area contributed by atoms with Crippen LogP contribution in [0.3, 0.4) is 0 Å². The fourth-order valence-electron chi connectivity index (χ4n) is 2.54. The lowest BCUT2D eigenvalue weighted by molar-refractivity contribution is -0.116. The Morgan fingerprint density at radius 1 is 1.57 bits per heavy atom. The van der Waals surface area contributed by atoms with Crippen molar-refractivity contribution >= 4 is 28.9 Å². The summed E-state index contributed by atoms with van der Waals surface area (Å²) in [4.78, 5) is 14.1. The van der Waals surface area contributed by atoms with Gasteiger partial charge in [0.1, 0.15) is 0 Å². The van der Waals surface area contributed by atoms with Gasteiger partial charge in [0.05, 0.1) is 16.3 Å². The molecule has 1 amide bonds. The lowest BCUT2D eigenvalue weighted by Gasteiger charge is -2.18. The molecule has 1 aromatic rings. The SMILES string of the molecule is CC1(O)CCN(CCCC(=O)Nc2ccc(N)cc2Cl)C1. The minimum absolute atomic E-state index is 0.0624. The van der Waals surface area contributed by atoms with Crippen LogP contribution < -0.4 is 11.1 Å². The predicted molar refractivity (Wildman–Crippen MR) is 85.4 cm³/mol. The summed E-state index contributed by atoms with van der Waals surface area (Å²) in [5.74, 6) is -0.0624. The molecule has 1 aliphatic rings. The van der Waals surface area contributed by atoms with Gasteiger partial charge in [-0.15, -0.1) is 0 Å². The standard InChI is InChI=1S/C15H22ClN3O2/c1-15(21)6-8-19(10-15)7-2-3-14(20)18-13-5-4-11(17)9-12(13)16/h4-5,9,21H,2-3,6-8,10,17H2,1H3,(H,18,20). The Morgan fingerprint density at radius 2 is 2.33 bits per heavy atom. The van der Waals surface area contributed by atoms with Gasteiger partial charge in [-0.1, -0.05) is 11.6 Å². The molecule has 1 fully saturated rings. The molecule has 0 aromatic heterocycles. The number of carbonyl (C=O) groups excluding carboxylic acids is 1. The monoisotopic (exact) mass is 311 g/mol. The number of nitrogens with zero attached hydrogens (tertiary/aromatic N) is 1. The quantitative estimate of drug-likeness (QED) is 0.728. The summed E-state index contributed by atoms with van der Waals surface area (Å²) in [5.41, 5.74) is 6.18. The smallest absolute Gasteiger partial charge is 0.224 e. The molecule has 0 saturated carbocycles. The van der Waals surface area contributed by atoms with Crippen molar-refractivity contribution < 1.29 is 9.90 Å². The molecule has 1 aliphatic heterocycles. The van der Waals surface area contributed by atoms with E-state index in [-0.39, 0.29) is 5.91 Å². The highest BCUT2D eigenvalue weighted by atomic mass is 35.5. The number of halogens is 1. The average molecular weight is 312 g/mol. The van der Waals surface area contributed by atoms with Gasteiger partial charge < -0.3 is 21.1 Å². The van der Waals surface area contributed by atoms with Crippen LogP contribution in [0, 0.1) is 0 Å². The van der Waals surface area contributed by atoms with Crippen LogP contribution in [0.1, 0.15) is 26.2 Å². The Labute approximate surface area is 130 Å². The summed E-state index contributed by atoms with van der Waals surface area (Å²) in [5, 5.41) is 13.1. The van der Waals surface area contributed by atoms with Crippen molar-refractivity contribution in [2.24, 2.45) is 0 Å². The number of anilines is 2. The van der Waals surface area contributed by atoms with E-state index < -0.39 is 5.60 Å². The van der Waals surface area contributed by atoms with E-state index in [1.165, 1.54) is 0 Å². The van der Waals surface area contributed by atoms with Gasteiger partial charge >= 0.3 is 0 Å². The van der Waals surface area contributed by atoms with Gasteiger partial charge in [0, 0.05) is 25.2 Å². The lowest BCUT2D eigenvalue weighted by atomic mass is 10.1. The van der Waals surface area contributed by atoms with Gasteiger partial charge in [-0.2, -0.15) is 0 Å². The number of benzene rings is 1. The number of rotatable bonds is 5. The highest BCUT2D eigenvalue weighted by Gasteiger charge is 2.30. The van der Waals surface area contributed by atoms with Gasteiger partial charge in [-0.05, 0) is 44.5 Å². The van der Waals surface area contributed by atoms with Gasteiger partial charge in [0.2, 0.25) is 5.91 Å². The second kappa shape index (κ2) is 6.64. The molecule has 5 nitrogen and oxygen atoms in total. The molecule has 1 aromatic carbocycles. The Morgan fingerprint density at radius 3 is 2.95 bits per heavy atom. The zero-order valence-corrected chi connectivity index (χ0v) is 13.0. The van der Waals surface area contributed by atoms with E-state index in [1.807, 2.05) is 6.92 Å². The van der Waals surface area contributed by atoms with E-state index >= 15 is 0 Å². The molecule has 2 rings (SSSR count). The molecule has 0 spiro atoms. The molecule has 4 N–H and O–H groups in total. The zero-order chi connectivity index (χ0) is 15.5. The van der Waals surface area contributed by atoms with Crippen molar-refractivity contribution in [1.82, 2.24) is 4.90 Å². The minimum Gasteiger partial charge on any atom is -0.399 e. The van der Waals surface area contributed by atoms with Crippen LogP contribution in [-0.2, 0) is 4.79 Å². The van der Waals surface area contributed by atoms with E-state index in [4.69, 9.17) is 17.3 Å². The fraction of sp³-hybridized carbons (Fsp3) is 0.533. The Bertz CT molecular complexity index is 520. The van der Waals surface area contributed by atoms with Gasteiger partial charge in [-0.3, -0.25) is 4.79 Å². The highest BCUT2D eigenvalue weighted by molar-refractivity contribution is 6.34. The third-order valence-corrected chi connectivity index (χ3v) is 3.99. The lowest BCUT2D eigenvalue weighted by Crippen LogP contribution is -2.30. The van der Waals surface area contributed by atoms with Crippen LogP contribution in [0.5, 0.6) is 0 Å². The second-order valence-electron chi connectivity index (χ2n) is 5.91. The number of nitrogens with two attached hydrogens (primary N) is 1. The zero-order valence-electron chi connectivity index (χ0n) is 12.2. The van der Waals surface area contributed by atoms with Crippen molar-refractivity contribution in [3.05, 3.63) is 23.2 Å². The first-order valence-corrected chi connectivity index (χ1v) is 7.53. The van der Waals surface area contributed by atoms with Crippen molar-refractivity contribution in [1.29, 1.82) is 0 Å². The molecule has 116 valence electrons. The van der Waals surface area contributed by atoms with Crippen molar-refractivity contribution in [2.45, 2.75) is 31.8 Å². The summed E-state index contributed by atoms with van der Waals surface area (Å²) in [6.07, 6.45) is 1.98. The summed E-state index contributed by atoms with van der Waals surface area (Å²) < 4.78 is 0. The number of amides is 1. The summed E-state index contributed by atoms with van der Waals surface area (Å²) in [7, 11) is 0. The number of likely N-dealkylation sites (tertiary alicyclic amines) is 1. The van der Waals surface area contributed by atoms with Gasteiger partial charge in [0.15, 0.2) is 0 Å². The first kappa shape index (κ1) is 16.1. The number of hydrogen-bond donors (Lipinski definition) is 3. The number of β-amino-alcohol motifs (C(OH)–C–C–N with tert-alkyl or cyclic N) is 1. The molecule has 21 heavy (non-hydrogen) atoms. The third kappa shape index (κ3) is 4.88. The first-order valence-electron chi connectivity index (χ1n) is 7.15. The molecule has 1 heterocycles. The Hall–Kier alpha value is -1.30. The van der Waals surface area contributed by atoms with Crippen LogP contribution in [0.4, 0.5) is 11.4 Å². The molecular weight excluding hydrogens is 290 g/mol. The van der Waals surface area contributed by atoms with Gasteiger partial charge in [0.25, 0.3) is 0 Å². The van der Waals surface area contributed by atoms with E-state index in [1.54, 1.807) is 18.2 Å². The number of nitrogens with one attached hydrogen (secondary N) is 1. The van der Waals surface area contributed by atoms with Crippen LogP contribution in [0.15, 0.2) is 18.2 Å². The topological polar surface area (TPSA) is 78.6 Å². The molecule has 0 aliphatic carbocycles. The summed E-state index contributed by atoms with van der Waals surface area (Å²) >= 11 is 6.01. The maximum atomic E-state index is 11.9. The molecular formula is C15H22ClN3O2. The molecule has 0 radical (unpaired) electrons. The number of aliphatic hydroxyl groups is 1. The molecule has 0 bridgehead atoms. The van der Waals surface area contributed by atoms with E-state index in [9.17, 15) is 9.90 Å². The molecule has 6 heteroatoms. The Kier molecular flexibility index (Phi) is 5.08. The predicted octanol–water partition coefficient (Wildman–Crippen LogP) is 2.10. The number of hydrogen-bond acceptors (Lipinski definition) is 4. The van der Waals surface area contributed by atoms with Crippen LogP contribution >= 0.6 is 11.6 Å². The van der Waals surface area contributed by atoms with E-state index in [2.05, 4.69) is 10.2 Å². The van der Waals surface area contributed by atoms with Crippen LogP contribution in [-0.4, -0.2) is 41.1 Å². The van der Waals surface area contributed by atoms with E-state index in [0.717, 1.165) is 25.9 Å². The Balaban J connectivity index is 1.73. The largest absolute Gasteiger partial charge is 0.399 e. The van der Waals surface area contributed by atoms with E-state index in [0.29, 0.717) is 29.4 Å². The van der Waals surface area contributed by atoms with Crippen LogP contribution in [0.2, 0.25) is 5.02 Å². The average Bonchev–Trinajstić information content (AvgIpc) is 2.72. The fourth-order valence-corrected chi connectivity index (χ4v) is 2.77. The summed E-state index contributed by atoms with van der Waals surface area (Å²) in [6.45, 7) is 4.23. The van der Waals surface area contributed by atoms with Crippen molar-refractivity contribution in [3.8, 4) is 0 Å². The molecule has 1 unspecified atom stereocenters. The number of nitrogen functional groups attached to an aromatic ring is 1. The maximum Gasteiger partial charge on any atom is 0.224 e. The second-order valence-corrected chi connectivity index (χ2v) is 6.32. The maximum absolute atomic E-state index is 11.9. The third-order valence-electron chi connectivity index (χ3n) is 3.68. The number of carbonyl (C=O) groups is 1. The minimum atomic E-state index is -0.584. The van der Waals surface area contributed by atoms with Crippen LogP contribution in [0.25, 0.3) is 0 Å². The highest BCUT2D eigenvalue weighted by Crippen LogP contribution is 2.24. The normalized spacial score (nSPS) is 22.4. The van der Waals surface area contributed by atoms with Crippen molar-refractivity contribution in [2.75, 3.05) is 30.7 Å².